The highest BCUT2D eigenvalue weighted by Gasteiger charge is 2.14. The van der Waals surface area contributed by atoms with Gasteiger partial charge in [-0.2, -0.15) is 0 Å². The van der Waals surface area contributed by atoms with Crippen LogP contribution >= 0.6 is 0 Å². The van der Waals surface area contributed by atoms with Gasteiger partial charge in [0.2, 0.25) is 0 Å². The van der Waals surface area contributed by atoms with Crippen LogP contribution in [0.25, 0.3) is 11.0 Å². The largest absolute Gasteiger partial charge is 0.399 e. The van der Waals surface area contributed by atoms with Crippen molar-refractivity contribution in [3.05, 3.63) is 36.4 Å². The van der Waals surface area contributed by atoms with Crippen molar-refractivity contribution >= 4 is 16.7 Å². The molecule has 7 heteroatoms. The fourth-order valence-corrected chi connectivity index (χ4v) is 2.27. The number of imidazole rings is 1. The molecule has 0 spiro atoms. The molecule has 0 saturated heterocycles. The number of aliphatic hydroxyl groups excluding tert-OH is 1. The molecule has 0 aliphatic heterocycles. The van der Waals surface area contributed by atoms with Gasteiger partial charge in [-0.25, -0.2) is 4.98 Å². The molecule has 1 aromatic carbocycles. The standard InChI is InChI=1S/C13H16N6O/c1-9(20)13-16-11-8-10(14)2-3-12(11)19(13)7-6-18-5-4-15-17-18/h2-5,8-9,20H,6-7,14H2,1H3. The lowest BCUT2D eigenvalue weighted by Gasteiger charge is -2.10. The van der Waals surface area contributed by atoms with Gasteiger partial charge < -0.3 is 15.4 Å². The van der Waals surface area contributed by atoms with Crippen molar-refractivity contribution in [3.8, 4) is 0 Å². The van der Waals surface area contributed by atoms with Gasteiger partial charge in [-0.1, -0.05) is 5.21 Å². The van der Waals surface area contributed by atoms with Crippen LogP contribution in [0.1, 0.15) is 18.9 Å². The van der Waals surface area contributed by atoms with Gasteiger partial charge in [0.25, 0.3) is 0 Å². The summed E-state index contributed by atoms with van der Waals surface area (Å²) < 4.78 is 3.73. The SMILES string of the molecule is CC(O)c1nc2cc(N)ccc2n1CCn1ccnn1. The van der Waals surface area contributed by atoms with E-state index in [-0.39, 0.29) is 0 Å². The summed E-state index contributed by atoms with van der Waals surface area (Å²) in [5, 5.41) is 17.6. The van der Waals surface area contributed by atoms with Crippen LogP contribution in [0.2, 0.25) is 0 Å². The number of aryl methyl sites for hydroxylation is 2. The summed E-state index contributed by atoms with van der Waals surface area (Å²) in [7, 11) is 0. The molecule has 0 bridgehead atoms. The lowest BCUT2D eigenvalue weighted by Crippen LogP contribution is -2.12. The molecule has 7 nitrogen and oxygen atoms in total. The Morgan fingerprint density at radius 2 is 2.20 bits per heavy atom. The summed E-state index contributed by atoms with van der Waals surface area (Å²) in [5.41, 5.74) is 8.18. The van der Waals surface area contributed by atoms with Crippen LogP contribution in [0.15, 0.2) is 30.6 Å². The van der Waals surface area contributed by atoms with Gasteiger partial charge in [0.05, 0.1) is 23.8 Å². The van der Waals surface area contributed by atoms with E-state index in [0.717, 1.165) is 11.0 Å². The van der Waals surface area contributed by atoms with Crippen LogP contribution in [0.4, 0.5) is 5.69 Å². The van der Waals surface area contributed by atoms with Gasteiger partial charge in [-0.15, -0.1) is 5.10 Å². The maximum Gasteiger partial charge on any atom is 0.138 e. The van der Waals surface area contributed by atoms with Crippen LogP contribution in [0.5, 0.6) is 0 Å². The molecule has 104 valence electrons. The average molecular weight is 272 g/mol. The highest BCUT2D eigenvalue weighted by Crippen LogP contribution is 2.22. The first kappa shape index (κ1) is 12.6. The highest BCUT2D eigenvalue weighted by atomic mass is 16.3. The molecule has 0 aliphatic carbocycles. The summed E-state index contributed by atoms with van der Waals surface area (Å²) in [6, 6.07) is 5.57. The molecule has 0 aliphatic rings. The fourth-order valence-electron chi connectivity index (χ4n) is 2.27. The van der Waals surface area contributed by atoms with Crippen LogP contribution < -0.4 is 5.73 Å². The average Bonchev–Trinajstić information content (AvgIpc) is 3.02. The van der Waals surface area contributed by atoms with Crippen molar-refractivity contribution in [2.45, 2.75) is 26.1 Å². The Balaban J connectivity index is 2.00. The molecule has 0 fully saturated rings. The summed E-state index contributed by atoms with van der Waals surface area (Å²) in [4.78, 5) is 4.46. The predicted octanol–water partition coefficient (Wildman–Crippen LogP) is 0.963. The molecule has 2 heterocycles. The molecule has 3 rings (SSSR count). The first-order valence-corrected chi connectivity index (χ1v) is 6.43. The van der Waals surface area contributed by atoms with Crippen molar-refractivity contribution in [1.82, 2.24) is 24.5 Å². The van der Waals surface area contributed by atoms with Gasteiger partial charge in [0.15, 0.2) is 0 Å². The molecule has 3 N–H and O–H groups in total. The normalized spacial score (nSPS) is 12.9. The number of anilines is 1. The lowest BCUT2D eigenvalue weighted by atomic mass is 10.3. The number of nitrogens with two attached hydrogens (primary N) is 1. The molecular weight excluding hydrogens is 256 g/mol. The summed E-state index contributed by atoms with van der Waals surface area (Å²) in [6.07, 6.45) is 2.81. The van der Waals surface area contributed by atoms with E-state index >= 15 is 0 Å². The van der Waals surface area contributed by atoms with Crippen molar-refractivity contribution in [1.29, 1.82) is 0 Å². The molecule has 0 radical (unpaired) electrons. The maximum absolute atomic E-state index is 9.88. The van der Waals surface area contributed by atoms with Gasteiger partial charge in [-0.05, 0) is 25.1 Å². The number of hydrogen-bond donors (Lipinski definition) is 2. The minimum absolute atomic E-state index is 0.630. The molecule has 0 saturated carbocycles. The summed E-state index contributed by atoms with van der Waals surface area (Å²) in [5.74, 6) is 0.630. The monoisotopic (exact) mass is 272 g/mol. The van der Waals surface area contributed by atoms with Crippen LogP contribution in [-0.2, 0) is 13.1 Å². The van der Waals surface area contributed by atoms with E-state index in [2.05, 4.69) is 15.3 Å². The summed E-state index contributed by atoms with van der Waals surface area (Å²) >= 11 is 0. The van der Waals surface area contributed by atoms with Gasteiger partial charge in [0.1, 0.15) is 11.9 Å². The summed E-state index contributed by atoms with van der Waals surface area (Å²) in [6.45, 7) is 3.02. The molecule has 0 amide bonds. The molecular formula is C13H16N6O. The van der Waals surface area contributed by atoms with E-state index in [1.165, 1.54) is 0 Å². The zero-order chi connectivity index (χ0) is 14.1. The third kappa shape index (κ3) is 2.23. The van der Waals surface area contributed by atoms with Crippen LogP contribution in [-0.4, -0.2) is 29.7 Å². The van der Waals surface area contributed by atoms with E-state index in [0.29, 0.717) is 24.6 Å². The third-order valence-electron chi connectivity index (χ3n) is 3.20. The first-order valence-electron chi connectivity index (χ1n) is 6.43. The number of aromatic nitrogens is 5. The lowest BCUT2D eigenvalue weighted by molar-refractivity contribution is 0.183. The van der Waals surface area contributed by atoms with E-state index in [9.17, 15) is 5.11 Å². The highest BCUT2D eigenvalue weighted by molar-refractivity contribution is 5.79. The quantitative estimate of drug-likeness (QED) is 0.690. The molecule has 20 heavy (non-hydrogen) atoms. The smallest absolute Gasteiger partial charge is 0.138 e. The number of rotatable bonds is 4. The van der Waals surface area contributed by atoms with Crippen molar-refractivity contribution in [2.75, 3.05) is 5.73 Å². The third-order valence-corrected chi connectivity index (χ3v) is 3.20. The number of benzene rings is 1. The Morgan fingerprint density at radius 3 is 2.90 bits per heavy atom. The second-order valence-electron chi connectivity index (χ2n) is 4.71. The first-order chi connectivity index (χ1) is 9.65. The van der Waals surface area contributed by atoms with E-state index in [1.807, 2.05) is 22.8 Å². The van der Waals surface area contributed by atoms with E-state index in [4.69, 9.17) is 5.73 Å². The maximum atomic E-state index is 9.88. The van der Waals surface area contributed by atoms with Crippen molar-refractivity contribution in [2.24, 2.45) is 0 Å². The Morgan fingerprint density at radius 1 is 1.35 bits per heavy atom. The van der Waals surface area contributed by atoms with Gasteiger partial charge in [-0.3, -0.25) is 4.68 Å². The number of fused-ring (bicyclic) bond motifs is 1. The molecule has 2 aromatic heterocycles. The molecule has 1 atom stereocenters. The fraction of sp³-hybridized carbons (Fsp3) is 0.308. The van der Waals surface area contributed by atoms with Crippen molar-refractivity contribution in [3.63, 3.8) is 0 Å². The Bertz CT molecular complexity index is 716. The number of hydrogen-bond acceptors (Lipinski definition) is 5. The van der Waals surface area contributed by atoms with E-state index < -0.39 is 6.10 Å². The topological polar surface area (TPSA) is 94.8 Å². The number of nitrogens with zero attached hydrogens (tertiary/aromatic N) is 5. The Kier molecular flexibility index (Phi) is 3.11. The minimum atomic E-state index is -0.639. The number of aliphatic hydroxyl groups is 1. The Labute approximate surface area is 115 Å². The Hall–Kier alpha value is -2.41. The van der Waals surface area contributed by atoms with Gasteiger partial charge >= 0.3 is 0 Å². The zero-order valence-electron chi connectivity index (χ0n) is 11.1. The van der Waals surface area contributed by atoms with Crippen molar-refractivity contribution < 1.29 is 5.11 Å². The predicted molar refractivity (Wildman–Crippen MR) is 74.8 cm³/mol. The van der Waals surface area contributed by atoms with Crippen LogP contribution in [0, 0.1) is 0 Å². The minimum Gasteiger partial charge on any atom is -0.399 e. The van der Waals surface area contributed by atoms with E-state index in [1.54, 1.807) is 24.0 Å². The zero-order valence-corrected chi connectivity index (χ0v) is 11.1. The second kappa shape index (κ2) is 4.93. The number of nitrogen functional groups attached to an aromatic ring is 1. The van der Waals surface area contributed by atoms with Crippen LogP contribution in [0.3, 0.4) is 0 Å². The second-order valence-corrected chi connectivity index (χ2v) is 4.71. The molecule has 1 unspecified atom stereocenters. The molecule has 3 aromatic rings. The van der Waals surface area contributed by atoms with Gasteiger partial charge in [0, 0.05) is 18.4 Å².